The van der Waals surface area contributed by atoms with Gasteiger partial charge in [0.25, 0.3) is 0 Å². The zero-order chi connectivity index (χ0) is 13.0. The van der Waals surface area contributed by atoms with Crippen molar-refractivity contribution in [3.05, 3.63) is 35.4 Å². The third-order valence-corrected chi connectivity index (χ3v) is 4.37. The van der Waals surface area contributed by atoms with Crippen molar-refractivity contribution >= 4 is 34.1 Å². The van der Waals surface area contributed by atoms with Crippen molar-refractivity contribution in [2.24, 2.45) is 5.73 Å². The molecule has 0 atom stereocenters. The third-order valence-electron chi connectivity index (χ3n) is 2.22. The summed E-state index contributed by atoms with van der Waals surface area (Å²) in [5.41, 5.74) is 6.82. The minimum Gasteiger partial charge on any atom is -0.366 e. The molecule has 0 bridgehead atoms. The van der Waals surface area contributed by atoms with Gasteiger partial charge in [-0.15, -0.1) is 10.2 Å². The van der Waals surface area contributed by atoms with Gasteiger partial charge in [0.1, 0.15) is 0 Å². The van der Waals surface area contributed by atoms with Crippen molar-refractivity contribution in [3.8, 4) is 0 Å². The van der Waals surface area contributed by atoms with Crippen LogP contribution in [0.5, 0.6) is 0 Å². The van der Waals surface area contributed by atoms with Gasteiger partial charge in [0.15, 0.2) is 4.34 Å². The van der Waals surface area contributed by atoms with Gasteiger partial charge in [0.2, 0.25) is 11.0 Å². The lowest BCUT2D eigenvalue weighted by atomic mass is 10.1. The van der Waals surface area contributed by atoms with Gasteiger partial charge in [-0.25, -0.2) is 0 Å². The maximum atomic E-state index is 10.9. The number of anilines is 1. The van der Waals surface area contributed by atoms with Crippen LogP contribution in [-0.4, -0.2) is 23.2 Å². The number of carbonyl (C=O) groups excluding carboxylic acids is 1. The van der Waals surface area contributed by atoms with Crippen molar-refractivity contribution in [1.29, 1.82) is 0 Å². The summed E-state index contributed by atoms with van der Waals surface area (Å²) in [6, 6.07) is 7.26. The van der Waals surface area contributed by atoms with Gasteiger partial charge >= 0.3 is 0 Å². The van der Waals surface area contributed by atoms with Gasteiger partial charge in [-0.2, -0.15) is 0 Å². The lowest BCUT2D eigenvalue weighted by Crippen LogP contribution is -2.10. The second-order valence-corrected chi connectivity index (χ2v) is 5.67. The second-order valence-electron chi connectivity index (χ2n) is 3.47. The monoisotopic (exact) mass is 280 g/mol. The summed E-state index contributed by atoms with van der Waals surface area (Å²) in [6.45, 7) is 0. The average Bonchev–Trinajstić information content (AvgIpc) is 2.85. The molecule has 1 aromatic carbocycles. The van der Waals surface area contributed by atoms with Crippen molar-refractivity contribution in [1.82, 2.24) is 10.2 Å². The smallest absolute Gasteiger partial charge is 0.248 e. The predicted octanol–water partition coefficient (Wildman–Crippen LogP) is 1.97. The van der Waals surface area contributed by atoms with Crippen molar-refractivity contribution in [2.75, 3.05) is 12.4 Å². The molecule has 18 heavy (non-hydrogen) atoms. The van der Waals surface area contributed by atoms with Crippen LogP contribution >= 0.6 is 23.1 Å². The fraction of sp³-hybridized carbons (Fsp3) is 0.182. The molecule has 0 saturated carbocycles. The van der Waals surface area contributed by atoms with Crippen LogP contribution in [0, 0.1) is 0 Å². The molecule has 1 amide bonds. The van der Waals surface area contributed by atoms with E-state index in [1.807, 2.05) is 19.2 Å². The first kappa shape index (κ1) is 12.8. The van der Waals surface area contributed by atoms with E-state index in [4.69, 9.17) is 5.73 Å². The Morgan fingerprint density at radius 2 is 2.11 bits per heavy atom. The molecule has 0 radical (unpaired) electrons. The minimum atomic E-state index is -0.406. The van der Waals surface area contributed by atoms with Gasteiger partial charge in [0, 0.05) is 18.4 Å². The number of aromatic nitrogens is 2. The van der Waals surface area contributed by atoms with Crippen molar-refractivity contribution < 1.29 is 4.79 Å². The van der Waals surface area contributed by atoms with E-state index in [0.29, 0.717) is 5.56 Å². The summed E-state index contributed by atoms with van der Waals surface area (Å²) in [5.74, 6) is 0.384. The standard InChI is InChI=1S/C11H12N4OS2/c1-13-10-14-15-11(18-10)17-6-7-2-4-8(5-3-7)9(12)16/h2-5H,6H2,1H3,(H2,12,16)(H,13,14). The molecular formula is C11H12N4OS2. The molecule has 0 aliphatic carbocycles. The molecule has 1 aromatic heterocycles. The summed E-state index contributed by atoms with van der Waals surface area (Å²) in [4.78, 5) is 10.9. The fourth-order valence-corrected chi connectivity index (χ4v) is 2.94. The van der Waals surface area contributed by atoms with E-state index in [1.54, 1.807) is 23.9 Å². The number of nitrogens with two attached hydrogens (primary N) is 1. The zero-order valence-electron chi connectivity index (χ0n) is 9.71. The molecule has 0 spiro atoms. The summed E-state index contributed by atoms with van der Waals surface area (Å²) < 4.78 is 0.915. The Kier molecular flexibility index (Phi) is 4.16. The highest BCUT2D eigenvalue weighted by molar-refractivity contribution is 8.00. The highest BCUT2D eigenvalue weighted by Crippen LogP contribution is 2.27. The topological polar surface area (TPSA) is 80.9 Å². The molecule has 0 aliphatic rings. The molecule has 3 N–H and O–H groups in total. The highest BCUT2D eigenvalue weighted by Gasteiger charge is 2.04. The van der Waals surface area contributed by atoms with Gasteiger partial charge in [-0.05, 0) is 17.7 Å². The summed E-state index contributed by atoms with van der Waals surface area (Å²) >= 11 is 3.13. The molecule has 0 fully saturated rings. The molecule has 2 rings (SSSR count). The van der Waals surface area contributed by atoms with Crippen LogP contribution in [0.2, 0.25) is 0 Å². The van der Waals surface area contributed by atoms with Crippen molar-refractivity contribution in [2.45, 2.75) is 10.1 Å². The number of rotatable bonds is 5. The maximum Gasteiger partial charge on any atom is 0.248 e. The molecule has 0 saturated heterocycles. The Morgan fingerprint density at radius 3 is 2.67 bits per heavy atom. The summed E-state index contributed by atoms with van der Waals surface area (Å²) in [6.07, 6.45) is 0. The van der Waals surface area contributed by atoms with Crippen LogP contribution in [0.15, 0.2) is 28.6 Å². The Hall–Kier alpha value is -1.60. The van der Waals surface area contributed by atoms with E-state index in [2.05, 4.69) is 15.5 Å². The van der Waals surface area contributed by atoms with E-state index in [1.165, 1.54) is 11.3 Å². The van der Waals surface area contributed by atoms with E-state index >= 15 is 0 Å². The van der Waals surface area contributed by atoms with E-state index < -0.39 is 5.91 Å². The molecule has 1 heterocycles. The van der Waals surface area contributed by atoms with E-state index in [9.17, 15) is 4.79 Å². The van der Waals surface area contributed by atoms with Crippen LogP contribution in [-0.2, 0) is 5.75 Å². The van der Waals surface area contributed by atoms with Crippen molar-refractivity contribution in [3.63, 3.8) is 0 Å². The lowest BCUT2D eigenvalue weighted by molar-refractivity contribution is 0.100. The van der Waals surface area contributed by atoms with E-state index in [0.717, 1.165) is 20.8 Å². The lowest BCUT2D eigenvalue weighted by Gasteiger charge is -2.00. The van der Waals surface area contributed by atoms with Crippen LogP contribution < -0.4 is 11.1 Å². The molecule has 7 heteroatoms. The largest absolute Gasteiger partial charge is 0.366 e. The SMILES string of the molecule is CNc1nnc(SCc2ccc(C(N)=O)cc2)s1. The van der Waals surface area contributed by atoms with Crippen LogP contribution in [0.1, 0.15) is 15.9 Å². The third kappa shape index (κ3) is 3.21. The minimum absolute atomic E-state index is 0.406. The number of hydrogen-bond acceptors (Lipinski definition) is 6. The highest BCUT2D eigenvalue weighted by atomic mass is 32.2. The van der Waals surface area contributed by atoms with Gasteiger partial charge in [0.05, 0.1) is 0 Å². The number of primary amides is 1. The predicted molar refractivity (Wildman–Crippen MR) is 74.0 cm³/mol. The zero-order valence-corrected chi connectivity index (χ0v) is 11.3. The molecular weight excluding hydrogens is 268 g/mol. The molecule has 2 aromatic rings. The number of nitrogens with zero attached hydrogens (tertiary/aromatic N) is 2. The van der Waals surface area contributed by atoms with Gasteiger partial charge in [-0.1, -0.05) is 35.2 Å². The fourth-order valence-electron chi connectivity index (χ4n) is 1.28. The van der Waals surface area contributed by atoms with Crippen LogP contribution in [0.4, 0.5) is 5.13 Å². The Bertz CT molecular complexity index is 538. The molecule has 94 valence electrons. The molecule has 0 aliphatic heterocycles. The first-order chi connectivity index (χ1) is 8.69. The number of amides is 1. The number of carbonyl (C=O) groups is 1. The van der Waals surface area contributed by atoms with E-state index in [-0.39, 0.29) is 0 Å². The number of hydrogen-bond donors (Lipinski definition) is 2. The first-order valence-electron chi connectivity index (χ1n) is 5.22. The molecule has 0 unspecified atom stereocenters. The number of benzene rings is 1. The summed E-state index contributed by atoms with van der Waals surface area (Å²) in [5, 5.41) is 11.8. The summed E-state index contributed by atoms with van der Waals surface area (Å²) in [7, 11) is 1.82. The normalized spacial score (nSPS) is 10.3. The Morgan fingerprint density at radius 1 is 1.39 bits per heavy atom. The maximum absolute atomic E-state index is 10.9. The molecule has 5 nitrogen and oxygen atoms in total. The quantitative estimate of drug-likeness (QED) is 0.818. The Balaban J connectivity index is 1.95. The number of nitrogens with one attached hydrogen (secondary N) is 1. The Labute approximate surface area is 113 Å². The number of thioether (sulfide) groups is 1. The van der Waals surface area contributed by atoms with Crippen LogP contribution in [0.25, 0.3) is 0 Å². The van der Waals surface area contributed by atoms with Gasteiger partial charge < -0.3 is 11.1 Å². The average molecular weight is 280 g/mol. The van der Waals surface area contributed by atoms with Gasteiger partial charge in [-0.3, -0.25) is 4.79 Å². The van der Waals surface area contributed by atoms with Crippen LogP contribution in [0.3, 0.4) is 0 Å². The second kappa shape index (κ2) is 5.83. The first-order valence-corrected chi connectivity index (χ1v) is 7.02.